The molecule has 2 heterocycles. The van der Waals surface area contributed by atoms with Crippen molar-refractivity contribution in [3.05, 3.63) is 56.7 Å². The van der Waals surface area contributed by atoms with E-state index in [2.05, 4.69) is 11.0 Å². The quantitative estimate of drug-likeness (QED) is 0.797. The molecule has 0 amide bonds. The Labute approximate surface area is 138 Å². The van der Waals surface area contributed by atoms with E-state index in [9.17, 15) is 4.79 Å². The molecule has 4 nitrogen and oxygen atoms in total. The standard InChI is InChI=1S/C16H16ClNO3S/c1-20-16(19)11-4-2-5-13(17)12(11)8-18-9-14(21-10-18)15-6-3-7-22-15/h2-7,14H,8-10H2,1H3. The Bertz CT molecular complexity index is 659. The largest absolute Gasteiger partial charge is 0.465 e. The lowest BCUT2D eigenvalue weighted by atomic mass is 10.1. The lowest BCUT2D eigenvalue weighted by Crippen LogP contribution is -2.22. The van der Waals surface area contributed by atoms with Crippen LogP contribution in [0, 0.1) is 0 Å². The number of thiophene rings is 1. The molecule has 22 heavy (non-hydrogen) atoms. The predicted octanol–water partition coefficient (Wildman–Crippen LogP) is 3.72. The molecule has 0 radical (unpaired) electrons. The highest BCUT2D eigenvalue weighted by molar-refractivity contribution is 7.10. The van der Waals surface area contributed by atoms with Gasteiger partial charge < -0.3 is 9.47 Å². The third kappa shape index (κ3) is 3.17. The zero-order chi connectivity index (χ0) is 15.5. The van der Waals surface area contributed by atoms with Crippen LogP contribution in [0.15, 0.2) is 35.7 Å². The fourth-order valence-corrected chi connectivity index (χ4v) is 3.54. The molecule has 1 aromatic heterocycles. The molecule has 0 saturated carbocycles. The molecule has 0 spiro atoms. The highest BCUT2D eigenvalue weighted by atomic mass is 35.5. The van der Waals surface area contributed by atoms with Gasteiger partial charge in [-0.05, 0) is 29.1 Å². The van der Waals surface area contributed by atoms with Gasteiger partial charge in [0.25, 0.3) is 0 Å². The SMILES string of the molecule is COC(=O)c1cccc(Cl)c1CN1COC(c2cccs2)C1. The van der Waals surface area contributed by atoms with Crippen molar-refractivity contribution in [2.45, 2.75) is 12.6 Å². The van der Waals surface area contributed by atoms with E-state index in [4.69, 9.17) is 21.1 Å². The highest BCUT2D eigenvalue weighted by Crippen LogP contribution is 2.30. The van der Waals surface area contributed by atoms with Crippen molar-refractivity contribution in [3.8, 4) is 0 Å². The normalized spacial score (nSPS) is 18.5. The maximum atomic E-state index is 11.9. The van der Waals surface area contributed by atoms with E-state index < -0.39 is 0 Å². The molecule has 0 N–H and O–H groups in total. The van der Waals surface area contributed by atoms with Gasteiger partial charge in [-0.25, -0.2) is 4.79 Å². The molecular formula is C16H16ClNO3S. The van der Waals surface area contributed by atoms with Gasteiger partial charge in [-0.15, -0.1) is 11.3 Å². The van der Waals surface area contributed by atoms with Crippen LogP contribution in [0.4, 0.5) is 0 Å². The van der Waals surface area contributed by atoms with E-state index in [0.29, 0.717) is 23.9 Å². The Balaban J connectivity index is 1.75. The number of hydrogen-bond donors (Lipinski definition) is 0. The first-order valence-corrected chi connectivity index (χ1v) is 8.18. The van der Waals surface area contributed by atoms with Gasteiger partial charge in [-0.1, -0.05) is 23.7 Å². The predicted molar refractivity (Wildman–Crippen MR) is 86.2 cm³/mol. The maximum Gasteiger partial charge on any atom is 0.338 e. The number of carbonyl (C=O) groups excluding carboxylic acids is 1. The van der Waals surface area contributed by atoms with E-state index >= 15 is 0 Å². The molecule has 2 aromatic rings. The molecule has 6 heteroatoms. The Morgan fingerprint density at radius 1 is 1.45 bits per heavy atom. The molecule has 1 saturated heterocycles. The highest BCUT2D eigenvalue weighted by Gasteiger charge is 2.27. The van der Waals surface area contributed by atoms with E-state index in [1.54, 1.807) is 29.5 Å². The van der Waals surface area contributed by atoms with Crippen LogP contribution in [0.3, 0.4) is 0 Å². The summed E-state index contributed by atoms with van der Waals surface area (Å²) in [4.78, 5) is 15.2. The van der Waals surface area contributed by atoms with Crippen molar-refractivity contribution < 1.29 is 14.3 Å². The molecular weight excluding hydrogens is 322 g/mol. The fraction of sp³-hybridized carbons (Fsp3) is 0.312. The summed E-state index contributed by atoms with van der Waals surface area (Å²) in [5.74, 6) is -0.368. The fourth-order valence-electron chi connectivity index (χ4n) is 2.54. The van der Waals surface area contributed by atoms with Crippen LogP contribution in [0.25, 0.3) is 0 Å². The third-order valence-corrected chi connectivity index (χ3v) is 4.97. The van der Waals surface area contributed by atoms with Gasteiger partial charge in [0.05, 0.1) is 12.7 Å². The molecule has 1 unspecified atom stereocenters. The number of nitrogens with zero attached hydrogens (tertiary/aromatic N) is 1. The van der Waals surface area contributed by atoms with Crippen LogP contribution < -0.4 is 0 Å². The average molecular weight is 338 g/mol. The Hall–Kier alpha value is -1.40. The minimum Gasteiger partial charge on any atom is -0.465 e. The molecule has 0 aliphatic carbocycles. The molecule has 1 fully saturated rings. The summed E-state index contributed by atoms with van der Waals surface area (Å²) in [6, 6.07) is 9.38. The van der Waals surface area contributed by atoms with Gasteiger partial charge in [0.15, 0.2) is 0 Å². The van der Waals surface area contributed by atoms with E-state index in [1.165, 1.54) is 12.0 Å². The maximum absolute atomic E-state index is 11.9. The van der Waals surface area contributed by atoms with Crippen LogP contribution in [-0.4, -0.2) is 31.3 Å². The van der Waals surface area contributed by atoms with Crippen molar-refractivity contribution >= 4 is 28.9 Å². The van der Waals surface area contributed by atoms with Gasteiger partial charge in [-0.2, -0.15) is 0 Å². The second-order valence-corrected chi connectivity index (χ2v) is 6.46. The van der Waals surface area contributed by atoms with Gasteiger partial charge in [0, 0.05) is 23.0 Å². The Morgan fingerprint density at radius 2 is 2.32 bits per heavy atom. The van der Waals surface area contributed by atoms with Crippen molar-refractivity contribution in [2.24, 2.45) is 0 Å². The Kier molecular flexibility index (Phi) is 4.78. The summed E-state index contributed by atoms with van der Waals surface area (Å²) in [5, 5.41) is 2.62. The van der Waals surface area contributed by atoms with E-state index in [0.717, 1.165) is 12.1 Å². The minimum atomic E-state index is -0.368. The number of hydrogen-bond acceptors (Lipinski definition) is 5. The zero-order valence-electron chi connectivity index (χ0n) is 12.1. The first-order valence-electron chi connectivity index (χ1n) is 6.92. The summed E-state index contributed by atoms with van der Waals surface area (Å²) >= 11 is 7.96. The molecule has 1 aliphatic rings. The second-order valence-electron chi connectivity index (χ2n) is 5.07. The first-order chi connectivity index (χ1) is 10.7. The smallest absolute Gasteiger partial charge is 0.338 e. The number of methoxy groups -OCH3 is 1. The molecule has 116 valence electrons. The zero-order valence-corrected chi connectivity index (χ0v) is 13.7. The van der Waals surface area contributed by atoms with Crippen LogP contribution in [-0.2, 0) is 16.0 Å². The Morgan fingerprint density at radius 3 is 3.05 bits per heavy atom. The second kappa shape index (κ2) is 6.79. The van der Waals surface area contributed by atoms with Crippen LogP contribution in [0.2, 0.25) is 5.02 Å². The van der Waals surface area contributed by atoms with Gasteiger partial charge in [0.1, 0.15) is 12.8 Å². The van der Waals surface area contributed by atoms with Gasteiger partial charge in [-0.3, -0.25) is 4.90 Å². The third-order valence-electron chi connectivity index (χ3n) is 3.65. The number of carbonyl (C=O) groups is 1. The number of halogens is 1. The molecule has 1 aromatic carbocycles. The summed E-state index contributed by atoms with van der Waals surface area (Å²) in [6.45, 7) is 1.87. The monoisotopic (exact) mass is 337 g/mol. The van der Waals surface area contributed by atoms with Crippen molar-refractivity contribution in [1.29, 1.82) is 0 Å². The van der Waals surface area contributed by atoms with Gasteiger partial charge >= 0.3 is 5.97 Å². The van der Waals surface area contributed by atoms with Crippen molar-refractivity contribution in [1.82, 2.24) is 4.90 Å². The van der Waals surface area contributed by atoms with Crippen LogP contribution in [0.5, 0.6) is 0 Å². The number of esters is 1. The van der Waals surface area contributed by atoms with E-state index in [-0.39, 0.29) is 12.1 Å². The molecule has 0 bridgehead atoms. The lowest BCUT2D eigenvalue weighted by molar-refractivity contribution is 0.0596. The summed E-state index contributed by atoms with van der Waals surface area (Å²) in [6.07, 6.45) is 0.0871. The number of ether oxygens (including phenoxy) is 2. The lowest BCUT2D eigenvalue weighted by Gasteiger charge is -2.17. The molecule has 1 aliphatic heterocycles. The number of benzene rings is 1. The first kappa shape index (κ1) is 15.5. The van der Waals surface area contributed by atoms with Crippen LogP contribution in [0.1, 0.15) is 26.9 Å². The minimum absolute atomic E-state index is 0.0871. The summed E-state index contributed by atoms with van der Waals surface area (Å²) < 4.78 is 10.7. The summed E-state index contributed by atoms with van der Waals surface area (Å²) in [5.41, 5.74) is 1.29. The molecule has 3 rings (SSSR count). The van der Waals surface area contributed by atoms with Gasteiger partial charge in [0.2, 0.25) is 0 Å². The van der Waals surface area contributed by atoms with E-state index in [1.807, 2.05) is 11.4 Å². The number of rotatable bonds is 4. The van der Waals surface area contributed by atoms with Crippen molar-refractivity contribution in [3.63, 3.8) is 0 Å². The van der Waals surface area contributed by atoms with Crippen LogP contribution >= 0.6 is 22.9 Å². The topological polar surface area (TPSA) is 38.8 Å². The molecule has 1 atom stereocenters. The summed E-state index contributed by atoms with van der Waals surface area (Å²) in [7, 11) is 1.37. The van der Waals surface area contributed by atoms with Crippen molar-refractivity contribution in [2.75, 3.05) is 20.4 Å². The average Bonchev–Trinajstić information content (AvgIpc) is 3.19.